The fourth-order valence-electron chi connectivity index (χ4n) is 4.22. The summed E-state index contributed by atoms with van der Waals surface area (Å²) in [4.78, 5) is 13.1. The molecule has 0 aliphatic heterocycles. The summed E-state index contributed by atoms with van der Waals surface area (Å²) in [7, 11) is 0. The summed E-state index contributed by atoms with van der Waals surface area (Å²) >= 11 is 0. The molecule has 0 atom stereocenters. The molecule has 3 aromatic heterocycles. The van der Waals surface area contributed by atoms with Gasteiger partial charge in [-0.2, -0.15) is 0 Å². The van der Waals surface area contributed by atoms with E-state index in [1.54, 1.807) is 6.20 Å². The largest absolute Gasteiger partial charge is 0.354 e. The zero-order chi connectivity index (χ0) is 21.2. The van der Waals surface area contributed by atoms with Gasteiger partial charge in [-0.05, 0) is 54.9 Å². The first-order valence-electron chi connectivity index (χ1n) is 10.7. The van der Waals surface area contributed by atoms with E-state index in [0.717, 1.165) is 49.0 Å². The Morgan fingerprint density at radius 3 is 2.58 bits per heavy atom. The Morgan fingerprint density at radius 1 is 0.968 bits per heavy atom. The number of fused-ring (bicyclic) bond motifs is 1. The molecule has 1 saturated carbocycles. The van der Waals surface area contributed by atoms with Crippen molar-refractivity contribution < 1.29 is 4.39 Å². The van der Waals surface area contributed by atoms with Crippen molar-refractivity contribution in [1.82, 2.24) is 19.4 Å². The number of nitrogens with zero attached hydrogens (tertiary/aromatic N) is 4. The lowest BCUT2D eigenvalue weighted by Gasteiger charge is -2.26. The number of aromatic nitrogens is 4. The number of pyridine rings is 1. The van der Waals surface area contributed by atoms with Gasteiger partial charge in [-0.15, -0.1) is 0 Å². The lowest BCUT2D eigenvalue weighted by molar-refractivity contribution is 0.338. The second-order valence-electron chi connectivity index (χ2n) is 8.21. The molecule has 0 spiro atoms. The minimum Gasteiger partial charge on any atom is -0.354 e. The third kappa shape index (κ3) is 4.14. The van der Waals surface area contributed by atoms with Gasteiger partial charge >= 0.3 is 0 Å². The van der Waals surface area contributed by atoms with Crippen molar-refractivity contribution in [3.8, 4) is 22.5 Å². The summed E-state index contributed by atoms with van der Waals surface area (Å²) in [6.07, 6.45) is 9.13. The average molecular weight is 417 g/mol. The number of nitrogens with two attached hydrogens (primary N) is 1. The zero-order valence-corrected chi connectivity index (χ0v) is 17.2. The molecule has 0 bridgehead atoms. The standard InChI is InChI=1S/C24H25FN6/c25-20-13-29-24(28-12-16-6-9-19(26)10-7-16)30-23(20)21-14-27-22-11-8-18(15-31(21)22)17-4-2-1-3-5-17/h1-5,8,11,13-16,19H,6-7,9-10,12,26H2,(H,28,29,30). The van der Waals surface area contributed by atoms with E-state index < -0.39 is 5.82 Å². The van der Waals surface area contributed by atoms with Crippen LogP contribution >= 0.6 is 0 Å². The molecule has 5 rings (SSSR count). The minimum atomic E-state index is -0.471. The molecule has 0 amide bonds. The Morgan fingerprint density at radius 2 is 1.77 bits per heavy atom. The number of hydrogen-bond donors (Lipinski definition) is 2. The lowest BCUT2D eigenvalue weighted by Crippen LogP contribution is -2.29. The molecule has 1 aliphatic carbocycles. The van der Waals surface area contributed by atoms with E-state index in [2.05, 4.69) is 20.3 Å². The van der Waals surface area contributed by atoms with Gasteiger partial charge in [0.05, 0.1) is 18.1 Å². The van der Waals surface area contributed by atoms with Crippen LogP contribution in [0.3, 0.4) is 0 Å². The second kappa shape index (κ2) is 8.43. The van der Waals surface area contributed by atoms with E-state index in [-0.39, 0.29) is 5.69 Å². The Labute approximate surface area is 180 Å². The Bertz CT molecular complexity index is 1180. The lowest BCUT2D eigenvalue weighted by atomic mass is 9.86. The molecule has 0 radical (unpaired) electrons. The van der Waals surface area contributed by atoms with Crippen molar-refractivity contribution in [3.63, 3.8) is 0 Å². The van der Waals surface area contributed by atoms with Crippen LogP contribution in [0.25, 0.3) is 28.2 Å². The molecule has 0 unspecified atom stereocenters. The van der Waals surface area contributed by atoms with Crippen LogP contribution in [-0.2, 0) is 0 Å². The highest BCUT2D eigenvalue weighted by molar-refractivity contribution is 5.68. The van der Waals surface area contributed by atoms with Crippen molar-refractivity contribution in [2.75, 3.05) is 11.9 Å². The number of halogens is 1. The van der Waals surface area contributed by atoms with Crippen LogP contribution in [0.5, 0.6) is 0 Å². The van der Waals surface area contributed by atoms with Crippen molar-refractivity contribution >= 4 is 11.6 Å². The van der Waals surface area contributed by atoms with Crippen molar-refractivity contribution in [3.05, 3.63) is 66.9 Å². The van der Waals surface area contributed by atoms with Gasteiger partial charge < -0.3 is 11.1 Å². The molecule has 1 aliphatic rings. The van der Waals surface area contributed by atoms with Crippen molar-refractivity contribution in [2.45, 2.75) is 31.7 Å². The molecule has 7 heteroatoms. The number of anilines is 1. The molecule has 1 aromatic carbocycles. The van der Waals surface area contributed by atoms with Gasteiger partial charge in [-0.3, -0.25) is 4.40 Å². The van der Waals surface area contributed by atoms with E-state index in [9.17, 15) is 4.39 Å². The van der Waals surface area contributed by atoms with Gasteiger partial charge in [0, 0.05) is 18.8 Å². The van der Waals surface area contributed by atoms with E-state index in [1.807, 2.05) is 53.1 Å². The summed E-state index contributed by atoms with van der Waals surface area (Å²) in [5, 5.41) is 3.28. The maximum atomic E-state index is 14.7. The van der Waals surface area contributed by atoms with Gasteiger partial charge in [0.1, 0.15) is 11.3 Å². The maximum Gasteiger partial charge on any atom is 0.223 e. The molecule has 31 heavy (non-hydrogen) atoms. The molecular formula is C24H25FN6. The van der Waals surface area contributed by atoms with Gasteiger partial charge in [0.15, 0.2) is 5.82 Å². The number of benzene rings is 1. The molecule has 6 nitrogen and oxygen atoms in total. The summed E-state index contributed by atoms with van der Waals surface area (Å²) < 4.78 is 16.6. The SMILES string of the molecule is NC1CCC(CNc2ncc(F)c(-c3cnc4ccc(-c5ccccc5)cn34)n2)CC1. The third-order valence-electron chi connectivity index (χ3n) is 6.04. The highest BCUT2D eigenvalue weighted by Gasteiger charge is 2.19. The molecule has 3 heterocycles. The van der Waals surface area contributed by atoms with Crippen LogP contribution in [-0.4, -0.2) is 31.9 Å². The summed E-state index contributed by atoms with van der Waals surface area (Å²) in [5.41, 5.74) is 9.67. The number of hydrogen-bond acceptors (Lipinski definition) is 5. The average Bonchev–Trinajstić information content (AvgIpc) is 3.23. The maximum absolute atomic E-state index is 14.7. The van der Waals surface area contributed by atoms with Crippen molar-refractivity contribution in [1.29, 1.82) is 0 Å². The molecule has 0 saturated heterocycles. The molecular weight excluding hydrogens is 391 g/mol. The van der Waals surface area contributed by atoms with Crippen LogP contribution in [0.2, 0.25) is 0 Å². The Balaban J connectivity index is 1.43. The Kier molecular flexibility index (Phi) is 5.34. The van der Waals surface area contributed by atoms with Crippen molar-refractivity contribution in [2.24, 2.45) is 11.7 Å². The summed E-state index contributed by atoms with van der Waals surface area (Å²) in [6, 6.07) is 14.3. The zero-order valence-electron chi connectivity index (χ0n) is 17.2. The summed E-state index contributed by atoms with van der Waals surface area (Å²) in [6.45, 7) is 0.767. The topological polar surface area (TPSA) is 81.1 Å². The highest BCUT2D eigenvalue weighted by atomic mass is 19.1. The smallest absolute Gasteiger partial charge is 0.223 e. The number of imidazole rings is 1. The van der Waals surface area contributed by atoms with E-state index in [4.69, 9.17) is 5.73 Å². The molecule has 3 N–H and O–H groups in total. The fourth-order valence-corrected chi connectivity index (χ4v) is 4.22. The van der Waals surface area contributed by atoms with Gasteiger partial charge in [0.2, 0.25) is 5.95 Å². The van der Waals surface area contributed by atoms with Crippen LogP contribution in [0.15, 0.2) is 61.1 Å². The van der Waals surface area contributed by atoms with Crippen LogP contribution in [0.1, 0.15) is 25.7 Å². The van der Waals surface area contributed by atoms with E-state index >= 15 is 0 Å². The quantitative estimate of drug-likeness (QED) is 0.500. The van der Waals surface area contributed by atoms with Crippen LogP contribution in [0.4, 0.5) is 10.3 Å². The minimum absolute atomic E-state index is 0.237. The monoisotopic (exact) mass is 416 g/mol. The number of rotatable bonds is 5. The number of nitrogens with one attached hydrogen (secondary N) is 1. The van der Waals surface area contributed by atoms with Gasteiger partial charge in [0.25, 0.3) is 0 Å². The fraction of sp³-hybridized carbons (Fsp3) is 0.292. The second-order valence-corrected chi connectivity index (χ2v) is 8.21. The predicted molar refractivity (Wildman–Crippen MR) is 120 cm³/mol. The Hall–Kier alpha value is -3.32. The molecule has 158 valence electrons. The van der Waals surface area contributed by atoms with E-state index in [1.165, 1.54) is 6.20 Å². The summed E-state index contributed by atoms with van der Waals surface area (Å²) in [5.74, 6) is 0.502. The van der Waals surface area contributed by atoms with Gasteiger partial charge in [-0.25, -0.2) is 19.3 Å². The van der Waals surface area contributed by atoms with Crippen LogP contribution < -0.4 is 11.1 Å². The first-order valence-corrected chi connectivity index (χ1v) is 10.7. The molecule has 4 aromatic rings. The van der Waals surface area contributed by atoms with Crippen LogP contribution in [0, 0.1) is 11.7 Å². The normalized spacial score (nSPS) is 18.9. The van der Waals surface area contributed by atoms with Gasteiger partial charge in [-0.1, -0.05) is 30.3 Å². The highest BCUT2D eigenvalue weighted by Crippen LogP contribution is 2.27. The molecule has 1 fully saturated rings. The van der Waals surface area contributed by atoms with E-state index in [0.29, 0.717) is 23.6 Å². The predicted octanol–water partition coefficient (Wildman–Crippen LogP) is 4.53. The third-order valence-corrected chi connectivity index (χ3v) is 6.04. The first kappa shape index (κ1) is 19.6. The first-order chi connectivity index (χ1) is 15.2.